The SMILES string of the molecule is O=C1[C@H]2[C@H](ON(c3ccccc3)[C@@H]2c2ccc(-c3ccc([N+](=O)[O-])cc3)s2)C(=O)N1c1ccc(Cl)cc1. The number of amides is 2. The maximum absolute atomic E-state index is 13.7. The Labute approximate surface area is 220 Å². The summed E-state index contributed by atoms with van der Waals surface area (Å²) in [6.07, 6.45) is -0.974. The van der Waals surface area contributed by atoms with Gasteiger partial charge in [0.1, 0.15) is 12.0 Å². The van der Waals surface area contributed by atoms with Crippen LogP contribution in [0.3, 0.4) is 0 Å². The van der Waals surface area contributed by atoms with E-state index in [-0.39, 0.29) is 11.6 Å². The monoisotopic (exact) mass is 531 g/mol. The molecule has 1 aromatic heterocycles. The van der Waals surface area contributed by atoms with Crippen LogP contribution in [0.2, 0.25) is 5.02 Å². The first kappa shape index (κ1) is 23.4. The topological polar surface area (TPSA) is 93.0 Å². The Morgan fingerprint density at radius 1 is 0.838 bits per heavy atom. The second-order valence-electron chi connectivity index (χ2n) is 8.65. The summed E-state index contributed by atoms with van der Waals surface area (Å²) in [7, 11) is 0. The first-order chi connectivity index (χ1) is 17.9. The number of nitrogens with zero attached hydrogens (tertiary/aromatic N) is 3. The van der Waals surface area contributed by atoms with Crippen LogP contribution in [0, 0.1) is 16.0 Å². The summed E-state index contributed by atoms with van der Waals surface area (Å²) in [5, 5.41) is 13.2. The number of fused-ring (bicyclic) bond motifs is 1. The highest BCUT2D eigenvalue weighted by Gasteiger charge is 2.60. The molecule has 184 valence electrons. The van der Waals surface area contributed by atoms with Crippen molar-refractivity contribution < 1.29 is 19.3 Å². The number of halogens is 1. The van der Waals surface area contributed by atoms with Gasteiger partial charge in [-0.2, -0.15) is 0 Å². The molecule has 3 heterocycles. The minimum Gasteiger partial charge on any atom is -0.273 e. The lowest BCUT2D eigenvalue weighted by Gasteiger charge is -2.27. The van der Waals surface area contributed by atoms with Gasteiger partial charge >= 0.3 is 0 Å². The highest BCUT2D eigenvalue weighted by molar-refractivity contribution is 7.15. The zero-order chi connectivity index (χ0) is 25.7. The molecule has 2 saturated heterocycles. The maximum Gasteiger partial charge on any atom is 0.269 e. The number of benzene rings is 3. The van der Waals surface area contributed by atoms with E-state index >= 15 is 0 Å². The van der Waals surface area contributed by atoms with Crippen LogP contribution in [0.25, 0.3) is 10.4 Å². The third-order valence-electron chi connectivity index (χ3n) is 6.49. The summed E-state index contributed by atoms with van der Waals surface area (Å²) in [6.45, 7) is 0. The van der Waals surface area contributed by atoms with Gasteiger partial charge in [-0.15, -0.1) is 11.3 Å². The number of anilines is 2. The highest BCUT2D eigenvalue weighted by atomic mass is 35.5. The molecule has 0 spiro atoms. The third-order valence-corrected chi connectivity index (χ3v) is 7.95. The molecule has 0 bridgehead atoms. The molecule has 3 atom stereocenters. The maximum atomic E-state index is 13.7. The lowest BCUT2D eigenvalue weighted by atomic mass is 9.95. The van der Waals surface area contributed by atoms with Gasteiger partial charge in [0.15, 0.2) is 6.10 Å². The number of hydroxylamine groups is 1. The molecule has 2 aliphatic heterocycles. The molecule has 2 amide bonds. The van der Waals surface area contributed by atoms with Gasteiger partial charge in [-0.05, 0) is 66.2 Å². The number of hydrogen-bond acceptors (Lipinski definition) is 7. The fourth-order valence-electron chi connectivity index (χ4n) is 4.76. The van der Waals surface area contributed by atoms with E-state index in [9.17, 15) is 19.7 Å². The number of para-hydroxylation sites is 1. The lowest BCUT2D eigenvalue weighted by molar-refractivity contribution is -0.384. The van der Waals surface area contributed by atoms with Crippen molar-refractivity contribution in [3.8, 4) is 10.4 Å². The van der Waals surface area contributed by atoms with Gasteiger partial charge in [-0.1, -0.05) is 29.8 Å². The number of carbonyl (C=O) groups is 2. The zero-order valence-corrected chi connectivity index (χ0v) is 20.6. The molecule has 0 aliphatic carbocycles. The van der Waals surface area contributed by atoms with Crippen molar-refractivity contribution in [3.05, 3.63) is 111 Å². The third kappa shape index (κ3) is 3.97. The Kier molecular flexibility index (Phi) is 5.75. The summed E-state index contributed by atoms with van der Waals surface area (Å²) in [6, 6.07) is 25.5. The van der Waals surface area contributed by atoms with E-state index < -0.39 is 28.9 Å². The molecule has 0 unspecified atom stereocenters. The Morgan fingerprint density at radius 2 is 1.54 bits per heavy atom. The van der Waals surface area contributed by atoms with Crippen LogP contribution in [0.4, 0.5) is 17.1 Å². The van der Waals surface area contributed by atoms with E-state index in [1.54, 1.807) is 41.5 Å². The molecule has 8 nitrogen and oxygen atoms in total. The van der Waals surface area contributed by atoms with E-state index in [1.165, 1.54) is 28.4 Å². The molecule has 3 aromatic carbocycles. The van der Waals surface area contributed by atoms with Crippen LogP contribution < -0.4 is 9.96 Å². The normalized spacial score (nSPS) is 20.9. The van der Waals surface area contributed by atoms with E-state index in [1.807, 2.05) is 42.5 Å². The Hall–Kier alpha value is -4.05. The van der Waals surface area contributed by atoms with Crippen molar-refractivity contribution in [2.45, 2.75) is 12.1 Å². The molecule has 2 fully saturated rings. The smallest absolute Gasteiger partial charge is 0.269 e. The minimum atomic E-state index is -0.974. The molecular weight excluding hydrogens is 514 g/mol. The van der Waals surface area contributed by atoms with Crippen LogP contribution in [-0.4, -0.2) is 22.8 Å². The van der Waals surface area contributed by atoms with Crippen molar-refractivity contribution in [2.24, 2.45) is 5.92 Å². The van der Waals surface area contributed by atoms with Crippen LogP contribution in [-0.2, 0) is 14.4 Å². The average molecular weight is 532 g/mol. The van der Waals surface area contributed by atoms with Gasteiger partial charge < -0.3 is 0 Å². The Balaban J connectivity index is 1.39. The first-order valence-electron chi connectivity index (χ1n) is 11.4. The molecule has 0 N–H and O–H groups in total. The number of nitro groups is 1. The van der Waals surface area contributed by atoms with E-state index in [2.05, 4.69) is 0 Å². The Bertz CT molecular complexity index is 1510. The van der Waals surface area contributed by atoms with Crippen molar-refractivity contribution in [2.75, 3.05) is 9.96 Å². The molecule has 0 radical (unpaired) electrons. The number of imide groups is 1. The molecule has 4 aromatic rings. The van der Waals surface area contributed by atoms with Crippen LogP contribution in [0.1, 0.15) is 10.9 Å². The number of nitro benzene ring substituents is 1. The van der Waals surface area contributed by atoms with Crippen molar-refractivity contribution in [1.82, 2.24) is 0 Å². The summed E-state index contributed by atoms with van der Waals surface area (Å²) < 4.78 is 0. The summed E-state index contributed by atoms with van der Waals surface area (Å²) in [4.78, 5) is 46.8. The number of carbonyl (C=O) groups excluding carboxylic acids is 2. The van der Waals surface area contributed by atoms with E-state index in [4.69, 9.17) is 16.4 Å². The standard InChI is InChI=1S/C27H18ClN3O5S/c28-17-8-12-18(13-9-17)29-26(32)23-24(30(36-25(23)27(29)33)19-4-2-1-3-5-19)22-15-14-21(37-22)16-6-10-20(11-7-16)31(34)35/h1-15,23-25H/t23-,24-,25+/m1/s1. The molecular formula is C27H18ClN3O5S. The number of thiophene rings is 1. The summed E-state index contributed by atoms with van der Waals surface area (Å²) in [5.41, 5.74) is 2.01. The largest absolute Gasteiger partial charge is 0.273 e. The fourth-order valence-corrected chi connectivity index (χ4v) is 6.03. The predicted octanol–water partition coefficient (Wildman–Crippen LogP) is 6.03. The second-order valence-corrected chi connectivity index (χ2v) is 10.2. The van der Waals surface area contributed by atoms with Crippen LogP contribution >= 0.6 is 22.9 Å². The highest BCUT2D eigenvalue weighted by Crippen LogP contribution is 2.49. The number of hydrogen-bond donors (Lipinski definition) is 0. The van der Waals surface area contributed by atoms with E-state index in [0.29, 0.717) is 10.7 Å². The molecule has 37 heavy (non-hydrogen) atoms. The quantitative estimate of drug-likeness (QED) is 0.177. The molecule has 10 heteroatoms. The van der Waals surface area contributed by atoms with Crippen LogP contribution in [0.15, 0.2) is 91.0 Å². The predicted molar refractivity (Wildman–Crippen MR) is 140 cm³/mol. The second kappa shape index (κ2) is 9.11. The van der Waals surface area contributed by atoms with Gasteiger partial charge in [-0.3, -0.25) is 24.5 Å². The van der Waals surface area contributed by atoms with Gasteiger partial charge in [0.2, 0.25) is 5.91 Å². The van der Waals surface area contributed by atoms with Gasteiger partial charge in [0.05, 0.1) is 16.3 Å². The Morgan fingerprint density at radius 3 is 2.22 bits per heavy atom. The fraction of sp³-hybridized carbons (Fsp3) is 0.111. The van der Waals surface area contributed by atoms with E-state index in [0.717, 1.165) is 21.0 Å². The molecule has 0 saturated carbocycles. The first-order valence-corrected chi connectivity index (χ1v) is 12.6. The summed E-state index contributed by atoms with van der Waals surface area (Å²) >= 11 is 7.46. The van der Waals surface area contributed by atoms with Crippen molar-refractivity contribution in [1.29, 1.82) is 0 Å². The lowest BCUT2D eigenvalue weighted by Crippen LogP contribution is -2.37. The zero-order valence-electron chi connectivity index (χ0n) is 19.1. The molecule has 6 rings (SSSR count). The number of non-ortho nitro benzene ring substituents is 1. The minimum absolute atomic E-state index is 0.0140. The van der Waals surface area contributed by atoms with Crippen LogP contribution in [0.5, 0.6) is 0 Å². The summed E-state index contributed by atoms with van der Waals surface area (Å²) in [5.74, 6) is -1.52. The van der Waals surface area contributed by atoms with Gasteiger partial charge in [0, 0.05) is 26.9 Å². The number of rotatable bonds is 5. The van der Waals surface area contributed by atoms with Gasteiger partial charge in [-0.25, -0.2) is 9.96 Å². The molecule has 2 aliphatic rings. The average Bonchev–Trinajstić information content (AvgIpc) is 3.61. The van der Waals surface area contributed by atoms with Gasteiger partial charge in [0.25, 0.3) is 11.6 Å². The van der Waals surface area contributed by atoms with Crippen molar-refractivity contribution in [3.63, 3.8) is 0 Å². The van der Waals surface area contributed by atoms with Crippen molar-refractivity contribution >= 4 is 51.8 Å².